The van der Waals surface area contributed by atoms with Gasteiger partial charge in [0.15, 0.2) is 5.78 Å². The molecule has 0 saturated heterocycles. The van der Waals surface area contributed by atoms with Gasteiger partial charge in [-0.15, -0.1) is 0 Å². The van der Waals surface area contributed by atoms with Crippen molar-refractivity contribution in [1.29, 1.82) is 0 Å². The van der Waals surface area contributed by atoms with Gasteiger partial charge in [-0.05, 0) is 45.0 Å². The maximum atomic E-state index is 12.1. The van der Waals surface area contributed by atoms with E-state index in [-0.39, 0.29) is 11.3 Å². The average Bonchev–Trinajstić information content (AvgIpc) is 2.46. The first kappa shape index (κ1) is 15.8. The zero-order valence-corrected chi connectivity index (χ0v) is 13.5. The van der Waals surface area contributed by atoms with Crippen LogP contribution in [0.2, 0.25) is 0 Å². The van der Waals surface area contributed by atoms with Crippen molar-refractivity contribution in [2.24, 2.45) is 0 Å². The van der Waals surface area contributed by atoms with Gasteiger partial charge in [0, 0.05) is 20.9 Å². The van der Waals surface area contributed by atoms with Gasteiger partial charge in [0.05, 0.1) is 6.54 Å². The zero-order chi connectivity index (χ0) is 15.3. The molecule has 0 aromatic heterocycles. The highest BCUT2D eigenvalue weighted by molar-refractivity contribution is 7.99. The molecule has 0 fully saturated rings. The molecule has 0 amide bonds. The van der Waals surface area contributed by atoms with Gasteiger partial charge < -0.3 is 5.32 Å². The van der Waals surface area contributed by atoms with E-state index < -0.39 is 0 Å². The molecule has 0 heterocycles. The second-order valence-corrected chi connectivity index (χ2v) is 7.11. The van der Waals surface area contributed by atoms with Gasteiger partial charge >= 0.3 is 0 Å². The molecule has 21 heavy (non-hydrogen) atoms. The van der Waals surface area contributed by atoms with Crippen molar-refractivity contribution >= 4 is 17.5 Å². The van der Waals surface area contributed by atoms with E-state index in [2.05, 4.69) is 38.2 Å². The molecule has 2 aromatic carbocycles. The molecule has 1 N–H and O–H groups in total. The number of hydrogen-bond donors (Lipinski definition) is 1. The minimum Gasteiger partial charge on any atom is -0.305 e. The van der Waals surface area contributed by atoms with Crippen LogP contribution in [0.3, 0.4) is 0 Å². The lowest BCUT2D eigenvalue weighted by molar-refractivity contribution is 0.0982. The van der Waals surface area contributed by atoms with Gasteiger partial charge in [-0.1, -0.05) is 42.1 Å². The van der Waals surface area contributed by atoms with Crippen LogP contribution in [0.15, 0.2) is 64.4 Å². The van der Waals surface area contributed by atoms with Gasteiger partial charge in [0.1, 0.15) is 0 Å². The maximum absolute atomic E-state index is 12.1. The minimum absolute atomic E-state index is 0.0429. The van der Waals surface area contributed by atoms with Crippen LogP contribution in [0.1, 0.15) is 31.1 Å². The summed E-state index contributed by atoms with van der Waals surface area (Å²) in [4.78, 5) is 14.4. The minimum atomic E-state index is -0.0429. The molecule has 0 unspecified atom stereocenters. The molecule has 2 aromatic rings. The molecule has 3 heteroatoms. The van der Waals surface area contributed by atoms with Gasteiger partial charge in [0.25, 0.3) is 0 Å². The van der Waals surface area contributed by atoms with E-state index in [4.69, 9.17) is 0 Å². The Balaban J connectivity index is 1.97. The summed E-state index contributed by atoms with van der Waals surface area (Å²) in [5.41, 5.74) is 0.711. The van der Waals surface area contributed by atoms with E-state index in [1.165, 1.54) is 4.90 Å². The fourth-order valence-corrected chi connectivity index (χ4v) is 2.62. The molecule has 0 aliphatic heterocycles. The number of ketones is 1. The standard InChI is InChI=1S/C18H21NOS/c1-18(2,3)19-13-17(20)14-9-11-16(12-10-14)21-15-7-5-4-6-8-15/h4-12,19H,13H2,1-3H3. The van der Waals surface area contributed by atoms with Crippen molar-refractivity contribution in [2.75, 3.05) is 6.54 Å². The summed E-state index contributed by atoms with van der Waals surface area (Å²) < 4.78 is 0. The van der Waals surface area contributed by atoms with Crippen molar-refractivity contribution in [1.82, 2.24) is 5.32 Å². The maximum Gasteiger partial charge on any atom is 0.176 e. The summed E-state index contributed by atoms with van der Waals surface area (Å²) in [5.74, 6) is 0.126. The van der Waals surface area contributed by atoms with Crippen molar-refractivity contribution < 1.29 is 4.79 Å². The number of Topliss-reactive ketones (excluding diaryl/α,β-unsaturated/α-hetero) is 1. The van der Waals surface area contributed by atoms with Crippen LogP contribution in [0.4, 0.5) is 0 Å². The quantitative estimate of drug-likeness (QED) is 0.829. The van der Waals surface area contributed by atoms with E-state index >= 15 is 0 Å². The average molecular weight is 299 g/mol. The first-order chi connectivity index (χ1) is 9.94. The SMILES string of the molecule is CC(C)(C)NCC(=O)c1ccc(Sc2ccccc2)cc1. The van der Waals surface area contributed by atoms with E-state index in [0.717, 1.165) is 10.5 Å². The van der Waals surface area contributed by atoms with Gasteiger partial charge in [0.2, 0.25) is 0 Å². The summed E-state index contributed by atoms with van der Waals surface area (Å²) >= 11 is 1.70. The highest BCUT2D eigenvalue weighted by Gasteiger charge is 2.12. The normalized spacial score (nSPS) is 11.4. The Morgan fingerprint density at radius 2 is 1.52 bits per heavy atom. The summed E-state index contributed by atoms with van der Waals surface area (Å²) in [5, 5.41) is 3.22. The Labute approximate surface area is 131 Å². The van der Waals surface area contributed by atoms with E-state index in [1.807, 2.05) is 42.5 Å². The molecule has 0 aliphatic rings. The molecule has 0 aliphatic carbocycles. The Morgan fingerprint density at radius 1 is 0.952 bits per heavy atom. The lowest BCUT2D eigenvalue weighted by atomic mass is 10.1. The van der Waals surface area contributed by atoms with Crippen molar-refractivity contribution in [3.05, 3.63) is 60.2 Å². The predicted octanol–water partition coefficient (Wildman–Crippen LogP) is 4.41. The van der Waals surface area contributed by atoms with Crippen molar-refractivity contribution in [2.45, 2.75) is 36.1 Å². The second kappa shape index (κ2) is 6.92. The Morgan fingerprint density at radius 3 is 2.10 bits per heavy atom. The molecule has 2 nitrogen and oxygen atoms in total. The van der Waals surface area contributed by atoms with E-state index in [9.17, 15) is 4.79 Å². The van der Waals surface area contributed by atoms with Crippen LogP contribution >= 0.6 is 11.8 Å². The lowest BCUT2D eigenvalue weighted by Gasteiger charge is -2.19. The topological polar surface area (TPSA) is 29.1 Å². The van der Waals surface area contributed by atoms with Crippen LogP contribution < -0.4 is 5.32 Å². The van der Waals surface area contributed by atoms with Gasteiger partial charge in [-0.25, -0.2) is 0 Å². The van der Waals surface area contributed by atoms with Crippen LogP contribution in [-0.2, 0) is 0 Å². The zero-order valence-electron chi connectivity index (χ0n) is 12.7. The molecule has 110 valence electrons. The molecule has 0 bridgehead atoms. The third-order valence-corrected chi connectivity index (χ3v) is 3.95. The molecule has 0 radical (unpaired) electrons. The van der Waals surface area contributed by atoms with Crippen LogP contribution in [0.5, 0.6) is 0 Å². The van der Waals surface area contributed by atoms with Crippen molar-refractivity contribution in [3.63, 3.8) is 0 Å². The monoisotopic (exact) mass is 299 g/mol. The summed E-state index contributed by atoms with van der Waals surface area (Å²) in [6, 6.07) is 18.0. The Hall–Kier alpha value is -1.58. The number of rotatable bonds is 5. The first-order valence-corrected chi connectivity index (χ1v) is 7.87. The molecular formula is C18H21NOS. The number of carbonyl (C=O) groups excluding carboxylic acids is 1. The predicted molar refractivity (Wildman–Crippen MR) is 89.1 cm³/mol. The van der Waals surface area contributed by atoms with Crippen LogP contribution in [-0.4, -0.2) is 17.9 Å². The highest BCUT2D eigenvalue weighted by atomic mass is 32.2. The third-order valence-electron chi connectivity index (χ3n) is 2.93. The first-order valence-electron chi connectivity index (χ1n) is 7.05. The smallest absolute Gasteiger partial charge is 0.176 e. The summed E-state index contributed by atoms with van der Waals surface area (Å²) in [6.45, 7) is 6.54. The molecule has 2 rings (SSSR count). The van der Waals surface area contributed by atoms with Crippen LogP contribution in [0.25, 0.3) is 0 Å². The fraction of sp³-hybridized carbons (Fsp3) is 0.278. The summed E-state index contributed by atoms with van der Waals surface area (Å²) in [6.07, 6.45) is 0. The van der Waals surface area contributed by atoms with Crippen LogP contribution in [0, 0.1) is 0 Å². The lowest BCUT2D eigenvalue weighted by Crippen LogP contribution is -2.39. The van der Waals surface area contributed by atoms with Crippen molar-refractivity contribution in [3.8, 4) is 0 Å². The third kappa shape index (κ3) is 5.37. The highest BCUT2D eigenvalue weighted by Crippen LogP contribution is 2.27. The number of hydrogen-bond acceptors (Lipinski definition) is 3. The molecule has 0 spiro atoms. The molecule has 0 atom stereocenters. The summed E-state index contributed by atoms with van der Waals surface area (Å²) in [7, 11) is 0. The van der Waals surface area contributed by atoms with E-state index in [1.54, 1.807) is 11.8 Å². The Bertz CT molecular complexity index is 585. The number of benzene rings is 2. The molecule has 0 saturated carbocycles. The number of nitrogens with one attached hydrogen (secondary N) is 1. The Kier molecular flexibility index (Phi) is 5.21. The van der Waals surface area contributed by atoms with Gasteiger partial charge in [-0.3, -0.25) is 4.79 Å². The molecular weight excluding hydrogens is 278 g/mol. The largest absolute Gasteiger partial charge is 0.305 e. The van der Waals surface area contributed by atoms with E-state index in [0.29, 0.717) is 6.54 Å². The number of carbonyl (C=O) groups is 1. The van der Waals surface area contributed by atoms with Gasteiger partial charge in [-0.2, -0.15) is 0 Å². The second-order valence-electron chi connectivity index (χ2n) is 5.97. The fourth-order valence-electron chi connectivity index (χ4n) is 1.78.